The highest BCUT2D eigenvalue weighted by molar-refractivity contribution is 4.69. The van der Waals surface area contributed by atoms with Crippen LogP contribution in [0.15, 0.2) is 0 Å². The van der Waals surface area contributed by atoms with Crippen molar-refractivity contribution in [3.05, 3.63) is 0 Å². The first-order chi connectivity index (χ1) is 11.8. The summed E-state index contributed by atoms with van der Waals surface area (Å²) in [6.07, 6.45) is 21.7. The topological polar surface area (TPSA) is 12.5 Å². The standard InChI is InChI=1S/C22H45NO/c1-3-4-5-6-7-8-9-10-11-12-13-14-15-16-17-22(2)23-18-20-24-21-19-23/h22H,3-21H2,1-2H3. The predicted octanol–water partition coefficient (Wildman–Crippen LogP) is 6.58. The van der Waals surface area contributed by atoms with E-state index in [4.69, 9.17) is 4.74 Å². The lowest BCUT2D eigenvalue weighted by Gasteiger charge is -2.32. The molecule has 1 heterocycles. The molecule has 0 radical (unpaired) electrons. The number of morpholine rings is 1. The molecule has 1 aliphatic heterocycles. The molecular formula is C22H45NO. The summed E-state index contributed by atoms with van der Waals surface area (Å²) < 4.78 is 5.44. The average molecular weight is 340 g/mol. The number of rotatable bonds is 16. The highest BCUT2D eigenvalue weighted by Crippen LogP contribution is 2.15. The molecule has 0 bridgehead atoms. The van der Waals surface area contributed by atoms with Gasteiger partial charge < -0.3 is 4.74 Å². The summed E-state index contributed by atoms with van der Waals surface area (Å²) in [5.41, 5.74) is 0. The molecule has 1 rings (SSSR count). The molecule has 0 aromatic rings. The van der Waals surface area contributed by atoms with E-state index >= 15 is 0 Å². The van der Waals surface area contributed by atoms with E-state index in [-0.39, 0.29) is 0 Å². The first-order valence-corrected chi connectivity index (χ1v) is 11.2. The van der Waals surface area contributed by atoms with Gasteiger partial charge in [0.2, 0.25) is 0 Å². The lowest BCUT2D eigenvalue weighted by molar-refractivity contribution is 0.0181. The van der Waals surface area contributed by atoms with Crippen molar-refractivity contribution in [2.45, 2.75) is 116 Å². The summed E-state index contributed by atoms with van der Waals surface area (Å²) in [5.74, 6) is 0. The third kappa shape index (κ3) is 12.3. The zero-order valence-electron chi connectivity index (χ0n) is 16.9. The number of ether oxygens (including phenoxy) is 1. The largest absolute Gasteiger partial charge is 0.379 e. The second kappa shape index (κ2) is 16.4. The predicted molar refractivity (Wildman–Crippen MR) is 107 cm³/mol. The smallest absolute Gasteiger partial charge is 0.0594 e. The molecule has 2 heteroatoms. The molecule has 1 fully saturated rings. The molecule has 0 N–H and O–H groups in total. The number of nitrogens with zero attached hydrogens (tertiary/aromatic N) is 1. The molecule has 1 atom stereocenters. The summed E-state index contributed by atoms with van der Waals surface area (Å²) in [4.78, 5) is 2.60. The van der Waals surface area contributed by atoms with Gasteiger partial charge in [-0.05, 0) is 13.3 Å². The summed E-state index contributed by atoms with van der Waals surface area (Å²) in [6, 6.07) is 0.756. The van der Waals surface area contributed by atoms with Gasteiger partial charge in [-0.25, -0.2) is 0 Å². The van der Waals surface area contributed by atoms with Crippen LogP contribution in [0, 0.1) is 0 Å². The van der Waals surface area contributed by atoms with Gasteiger partial charge in [-0.3, -0.25) is 4.90 Å². The fourth-order valence-corrected chi connectivity index (χ4v) is 3.84. The van der Waals surface area contributed by atoms with Crippen molar-refractivity contribution in [3.63, 3.8) is 0 Å². The highest BCUT2D eigenvalue weighted by atomic mass is 16.5. The van der Waals surface area contributed by atoms with Gasteiger partial charge in [-0.2, -0.15) is 0 Å². The van der Waals surface area contributed by atoms with Gasteiger partial charge in [-0.15, -0.1) is 0 Å². The summed E-state index contributed by atoms with van der Waals surface area (Å²) in [7, 11) is 0. The number of unbranched alkanes of at least 4 members (excludes halogenated alkanes) is 13. The molecule has 0 aromatic carbocycles. The first kappa shape index (κ1) is 22.0. The van der Waals surface area contributed by atoms with E-state index in [0.717, 1.165) is 32.3 Å². The van der Waals surface area contributed by atoms with Crippen molar-refractivity contribution in [1.29, 1.82) is 0 Å². The van der Waals surface area contributed by atoms with Gasteiger partial charge in [0.15, 0.2) is 0 Å². The minimum atomic E-state index is 0.756. The second-order valence-electron chi connectivity index (χ2n) is 7.88. The van der Waals surface area contributed by atoms with E-state index in [1.165, 1.54) is 96.3 Å². The van der Waals surface area contributed by atoms with Crippen LogP contribution in [0.3, 0.4) is 0 Å². The molecule has 0 saturated carbocycles. The van der Waals surface area contributed by atoms with Crippen molar-refractivity contribution >= 4 is 0 Å². The zero-order valence-corrected chi connectivity index (χ0v) is 16.9. The van der Waals surface area contributed by atoms with E-state index in [2.05, 4.69) is 18.7 Å². The monoisotopic (exact) mass is 339 g/mol. The van der Waals surface area contributed by atoms with Crippen LogP contribution < -0.4 is 0 Å². The van der Waals surface area contributed by atoms with Gasteiger partial charge in [-0.1, -0.05) is 96.8 Å². The molecule has 1 aliphatic rings. The van der Waals surface area contributed by atoms with Crippen LogP contribution in [0.25, 0.3) is 0 Å². The van der Waals surface area contributed by atoms with E-state index in [0.29, 0.717) is 0 Å². The summed E-state index contributed by atoms with van der Waals surface area (Å²) in [6.45, 7) is 8.84. The molecule has 1 saturated heterocycles. The van der Waals surface area contributed by atoms with Gasteiger partial charge >= 0.3 is 0 Å². The fraction of sp³-hybridized carbons (Fsp3) is 1.00. The summed E-state index contributed by atoms with van der Waals surface area (Å²) >= 11 is 0. The van der Waals surface area contributed by atoms with E-state index in [1.54, 1.807) is 0 Å². The maximum Gasteiger partial charge on any atom is 0.0594 e. The van der Waals surface area contributed by atoms with Crippen LogP contribution in [0.1, 0.15) is 110 Å². The van der Waals surface area contributed by atoms with Crippen molar-refractivity contribution in [1.82, 2.24) is 4.90 Å². The Morgan fingerprint density at radius 3 is 1.54 bits per heavy atom. The Morgan fingerprint density at radius 1 is 0.667 bits per heavy atom. The van der Waals surface area contributed by atoms with E-state index in [1.807, 2.05) is 0 Å². The van der Waals surface area contributed by atoms with Gasteiger partial charge in [0.25, 0.3) is 0 Å². The van der Waals surface area contributed by atoms with Crippen LogP contribution in [-0.2, 0) is 4.74 Å². The normalized spacial score (nSPS) is 17.2. The second-order valence-corrected chi connectivity index (χ2v) is 7.88. The molecule has 0 spiro atoms. The Labute approximate surface area is 152 Å². The average Bonchev–Trinajstić information content (AvgIpc) is 2.62. The van der Waals surface area contributed by atoms with Crippen molar-refractivity contribution < 1.29 is 4.74 Å². The number of hydrogen-bond donors (Lipinski definition) is 0. The van der Waals surface area contributed by atoms with Gasteiger partial charge in [0.05, 0.1) is 13.2 Å². The SMILES string of the molecule is CCCCCCCCCCCCCCCCC(C)N1CCOCC1. The van der Waals surface area contributed by atoms with Crippen LogP contribution in [0.5, 0.6) is 0 Å². The van der Waals surface area contributed by atoms with Crippen LogP contribution >= 0.6 is 0 Å². The molecular weight excluding hydrogens is 294 g/mol. The molecule has 0 aromatic heterocycles. The van der Waals surface area contributed by atoms with Crippen LogP contribution in [0.4, 0.5) is 0 Å². The Balaban J connectivity index is 1.74. The lowest BCUT2D eigenvalue weighted by atomic mass is 10.0. The maximum absolute atomic E-state index is 5.44. The third-order valence-electron chi connectivity index (χ3n) is 5.64. The first-order valence-electron chi connectivity index (χ1n) is 11.2. The quantitative estimate of drug-likeness (QED) is 0.294. The lowest BCUT2D eigenvalue weighted by Crippen LogP contribution is -2.42. The minimum Gasteiger partial charge on any atom is -0.379 e. The minimum absolute atomic E-state index is 0.756. The molecule has 144 valence electrons. The van der Waals surface area contributed by atoms with E-state index < -0.39 is 0 Å². The van der Waals surface area contributed by atoms with Gasteiger partial charge in [0, 0.05) is 19.1 Å². The summed E-state index contributed by atoms with van der Waals surface area (Å²) in [5, 5.41) is 0. The highest BCUT2D eigenvalue weighted by Gasteiger charge is 2.16. The Hall–Kier alpha value is -0.0800. The van der Waals surface area contributed by atoms with Crippen molar-refractivity contribution in [2.24, 2.45) is 0 Å². The van der Waals surface area contributed by atoms with Crippen LogP contribution in [0.2, 0.25) is 0 Å². The maximum atomic E-state index is 5.44. The third-order valence-corrected chi connectivity index (χ3v) is 5.64. The van der Waals surface area contributed by atoms with Gasteiger partial charge in [0.1, 0.15) is 0 Å². The zero-order chi connectivity index (χ0) is 17.3. The Morgan fingerprint density at radius 2 is 1.08 bits per heavy atom. The fourth-order valence-electron chi connectivity index (χ4n) is 3.84. The number of hydrogen-bond acceptors (Lipinski definition) is 2. The molecule has 0 amide bonds. The Kier molecular flexibility index (Phi) is 15.0. The molecule has 0 aliphatic carbocycles. The van der Waals surface area contributed by atoms with Crippen molar-refractivity contribution in [3.8, 4) is 0 Å². The van der Waals surface area contributed by atoms with Crippen molar-refractivity contribution in [2.75, 3.05) is 26.3 Å². The molecule has 24 heavy (non-hydrogen) atoms. The van der Waals surface area contributed by atoms with Crippen LogP contribution in [-0.4, -0.2) is 37.2 Å². The molecule has 1 unspecified atom stereocenters. The van der Waals surface area contributed by atoms with E-state index in [9.17, 15) is 0 Å². The molecule has 2 nitrogen and oxygen atoms in total. The Bertz CT molecular complexity index is 250.